The highest BCUT2D eigenvalue weighted by Gasteiger charge is 2.13. The van der Waals surface area contributed by atoms with E-state index in [9.17, 15) is 0 Å². The van der Waals surface area contributed by atoms with Gasteiger partial charge in [0.2, 0.25) is 0 Å². The van der Waals surface area contributed by atoms with Crippen molar-refractivity contribution in [3.05, 3.63) is 133 Å². The van der Waals surface area contributed by atoms with Crippen molar-refractivity contribution < 1.29 is 0 Å². The lowest BCUT2D eigenvalue weighted by Gasteiger charge is -2.14. The van der Waals surface area contributed by atoms with Gasteiger partial charge >= 0.3 is 0 Å². The normalized spacial score (nSPS) is 11.9. The molecule has 166 valence electrons. The molecule has 0 amide bonds. The summed E-state index contributed by atoms with van der Waals surface area (Å²) in [4.78, 5) is 0. The molecule has 0 bridgehead atoms. The van der Waals surface area contributed by atoms with Gasteiger partial charge in [0.1, 0.15) is 0 Å². The molecule has 0 heteroatoms. The summed E-state index contributed by atoms with van der Waals surface area (Å²) in [5, 5.41) is 15.6. The topological polar surface area (TPSA) is 0 Å². The summed E-state index contributed by atoms with van der Waals surface area (Å²) >= 11 is 0. The number of hydrogen-bond acceptors (Lipinski definition) is 0. The molecular formula is C36H22. The third kappa shape index (κ3) is 2.70. The van der Waals surface area contributed by atoms with E-state index in [-0.39, 0.29) is 0 Å². The smallest absolute Gasteiger partial charge is 0.00203 e. The molecule has 0 saturated carbocycles. The Labute approximate surface area is 209 Å². The molecule has 36 heavy (non-hydrogen) atoms. The predicted octanol–water partition coefficient (Wildman–Crippen LogP) is 10.3. The number of fused-ring (bicyclic) bond motifs is 6. The van der Waals surface area contributed by atoms with Crippen molar-refractivity contribution in [2.24, 2.45) is 0 Å². The van der Waals surface area contributed by atoms with E-state index >= 15 is 0 Å². The van der Waals surface area contributed by atoms with Crippen LogP contribution < -0.4 is 0 Å². The van der Waals surface area contributed by atoms with Crippen molar-refractivity contribution >= 4 is 64.6 Å². The molecular weight excluding hydrogens is 432 g/mol. The standard InChI is InChI=1S/C36H22/c1-2-12-27-23(8-1)9-5-15-28(27)26-20-21-31-33-17-7-11-25-19-18-24-10-6-16-32(35(24)36(25)33)29-13-3-4-14-30(29)34(31)22-26/h1-22H. The van der Waals surface area contributed by atoms with Crippen molar-refractivity contribution in [3.63, 3.8) is 0 Å². The Morgan fingerprint density at radius 1 is 0.278 bits per heavy atom. The molecule has 0 unspecified atom stereocenters. The van der Waals surface area contributed by atoms with E-state index in [1.165, 1.54) is 75.8 Å². The summed E-state index contributed by atoms with van der Waals surface area (Å²) < 4.78 is 0. The first-order valence-corrected chi connectivity index (χ1v) is 12.5. The summed E-state index contributed by atoms with van der Waals surface area (Å²) in [5.41, 5.74) is 2.52. The van der Waals surface area contributed by atoms with Crippen molar-refractivity contribution in [1.82, 2.24) is 0 Å². The Kier molecular flexibility index (Phi) is 4.03. The molecule has 0 nitrogen and oxygen atoms in total. The van der Waals surface area contributed by atoms with Gasteiger partial charge in [-0.05, 0) is 81.8 Å². The fourth-order valence-corrected chi connectivity index (χ4v) is 6.20. The van der Waals surface area contributed by atoms with Crippen LogP contribution in [0.1, 0.15) is 0 Å². The second-order valence-electron chi connectivity index (χ2n) is 9.71. The van der Waals surface area contributed by atoms with Crippen LogP contribution in [0.5, 0.6) is 0 Å². The van der Waals surface area contributed by atoms with E-state index in [1.54, 1.807) is 0 Å². The van der Waals surface area contributed by atoms with Gasteiger partial charge in [-0.2, -0.15) is 0 Å². The van der Waals surface area contributed by atoms with E-state index in [1.807, 2.05) is 0 Å². The Hall–Kier alpha value is -4.68. The first kappa shape index (κ1) is 19.6. The molecule has 8 rings (SSSR count). The average molecular weight is 455 g/mol. The zero-order chi connectivity index (χ0) is 23.6. The summed E-state index contributed by atoms with van der Waals surface area (Å²) in [6.07, 6.45) is 0. The molecule has 0 heterocycles. The molecule has 0 fully saturated rings. The fraction of sp³-hybridized carbons (Fsp3) is 0. The van der Waals surface area contributed by atoms with Gasteiger partial charge in [-0.3, -0.25) is 0 Å². The van der Waals surface area contributed by atoms with Gasteiger partial charge in [-0.25, -0.2) is 0 Å². The maximum absolute atomic E-state index is 2.41. The number of rotatable bonds is 1. The second-order valence-corrected chi connectivity index (χ2v) is 9.71. The van der Waals surface area contributed by atoms with Crippen LogP contribution >= 0.6 is 0 Å². The van der Waals surface area contributed by atoms with Gasteiger partial charge in [-0.1, -0.05) is 127 Å². The molecule has 0 aromatic heterocycles. The Morgan fingerprint density at radius 3 is 1.50 bits per heavy atom. The first-order valence-electron chi connectivity index (χ1n) is 12.5. The molecule has 0 N–H and O–H groups in total. The first-order chi connectivity index (χ1) is 17.9. The zero-order valence-corrected chi connectivity index (χ0v) is 19.7. The monoisotopic (exact) mass is 454 g/mol. The van der Waals surface area contributed by atoms with E-state index in [0.717, 1.165) is 0 Å². The SMILES string of the molecule is c1ccc2c(-c3ccc4c(c3)c3ccccc3c3cccc5ccc6cccc4c6c53)cccc2c1. The van der Waals surface area contributed by atoms with Crippen LogP contribution in [-0.4, -0.2) is 0 Å². The van der Waals surface area contributed by atoms with Crippen LogP contribution in [0, 0.1) is 0 Å². The highest BCUT2D eigenvalue weighted by molar-refractivity contribution is 6.32. The lowest BCUT2D eigenvalue weighted by Crippen LogP contribution is -1.87. The third-order valence-corrected chi connectivity index (χ3v) is 7.80. The molecule has 0 aliphatic heterocycles. The quantitative estimate of drug-likeness (QED) is 0.216. The molecule has 8 aromatic rings. The van der Waals surface area contributed by atoms with Gasteiger partial charge in [0.05, 0.1) is 0 Å². The second kappa shape index (κ2) is 7.41. The highest BCUT2D eigenvalue weighted by Crippen LogP contribution is 2.41. The Balaban J connectivity index is 1.64. The van der Waals surface area contributed by atoms with Crippen LogP contribution in [0.3, 0.4) is 0 Å². The zero-order valence-electron chi connectivity index (χ0n) is 19.7. The van der Waals surface area contributed by atoms with Crippen LogP contribution in [0.25, 0.3) is 75.8 Å². The summed E-state index contributed by atoms with van der Waals surface area (Å²) in [7, 11) is 0. The lowest BCUT2D eigenvalue weighted by molar-refractivity contribution is 1.69. The van der Waals surface area contributed by atoms with Gasteiger partial charge in [0, 0.05) is 0 Å². The van der Waals surface area contributed by atoms with Crippen LogP contribution in [-0.2, 0) is 0 Å². The fourth-order valence-electron chi connectivity index (χ4n) is 6.20. The Bertz CT molecular complexity index is 2140. The molecule has 0 radical (unpaired) electrons. The minimum Gasteiger partial charge on any atom is -0.0616 e. The van der Waals surface area contributed by atoms with Gasteiger partial charge in [0.25, 0.3) is 0 Å². The molecule has 0 aliphatic rings. The van der Waals surface area contributed by atoms with Crippen LogP contribution in [0.15, 0.2) is 133 Å². The number of benzene rings is 7. The maximum Gasteiger partial charge on any atom is -0.00203 e. The summed E-state index contributed by atoms with van der Waals surface area (Å²) in [6, 6.07) is 49.2. The van der Waals surface area contributed by atoms with E-state index < -0.39 is 0 Å². The maximum atomic E-state index is 2.41. The molecule has 0 atom stereocenters. The van der Waals surface area contributed by atoms with Gasteiger partial charge in [-0.15, -0.1) is 0 Å². The van der Waals surface area contributed by atoms with Gasteiger partial charge < -0.3 is 0 Å². The average Bonchev–Trinajstić information content (AvgIpc) is 2.95. The molecule has 0 saturated heterocycles. The van der Waals surface area contributed by atoms with Crippen LogP contribution in [0.2, 0.25) is 0 Å². The van der Waals surface area contributed by atoms with Gasteiger partial charge in [0.15, 0.2) is 0 Å². The molecule has 8 aromatic carbocycles. The predicted molar refractivity (Wildman–Crippen MR) is 157 cm³/mol. The van der Waals surface area contributed by atoms with E-state index in [0.29, 0.717) is 0 Å². The summed E-state index contributed by atoms with van der Waals surface area (Å²) in [5.74, 6) is 0. The summed E-state index contributed by atoms with van der Waals surface area (Å²) in [6.45, 7) is 0. The van der Waals surface area contributed by atoms with Crippen LogP contribution in [0.4, 0.5) is 0 Å². The largest absolute Gasteiger partial charge is 0.0616 e. The van der Waals surface area contributed by atoms with Crippen molar-refractivity contribution in [3.8, 4) is 11.1 Å². The van der Waals surface area contributed by atoms with Crippen molar-refractivity contribution in [1.29, 1.82) is 0 Å². The van der Waals surface area contributed by atoms with E-state index in [2.05, 4.69) is 133 Å². The highest BCUT2D eigenvalue weighted by atomic mass is 14.2. The molecule has 0 aliphatic carbocycles. The third-order valence-electron chi connectivity index (χ3n) is 7.80. The Morgan fingerprint density at radius 2 is 0.778 bits per heavy atom. The molecule has 0 spiro atoms. The minimum atomic E-state index is 1.25. The lowest BCUT2D eigenvalue weighted by atomic mass is 9.89. The minimum absolute atomic E-state index is 1.25. The van der Waals surface area contributed by atoms with E-state index in [4.69, 9.17) is 0 Å². The van der Waals surface area contributed by atoms with Crippen molar-refractivity contribution in [2.45, 2.75) is 0 Å². The number of hydrogen-bond donors (Lipinski definition) is 0. The van der Waals surface area contributed by atoms with Crippen molar-refractivity contribution in [2.75, 3.05) is 0 Å².